The summed E-state index contributed by atoms with van der Waals surface area (Å²) in [5.74, 6) is -1.67. The van der Waals surface area contributed by atoms with Crippen molar-refractivity contribution in [3.63, 3.8) is 0 Å². The fourth-order valence-electron chi connectivity index (χ4n) is 5.79. The van der Waals surface area contributed by atoms with Crippen molar-refractivity contribution in [2.24, 2.45) is 17.8 Å². The van der Waals surface area contributed by atoms with E-state index < -0.39 is 35.5 Å². The summed E-state index contributed by atoms with van der Waals surface area (Å²) in [6, 6.07) is 5.98. The molecule has 0 radical (unpaired) electrons. The van der Waals surface area contributed by atoms with E-state index in [2.05, 4.69) is 18.8 Å². The zero-order valence-corrected chi connectivity index (χ0v) is 18.1. The standard InChI is InChI=1S/C22H25ClF3NO4/c1-12-4-9-17-13(2)21(22(24,25)26,27-15-7-5-14(23)6-8-15)29-18-20(17)16(12)10-11-19(3,28-18)30-31-20/h5-8,12,16-18,27H,2,4,9-11H2,1,3H3/t12-,16?,17+,18+,19+,20-,21?/m1/s1. The molecule has 1 aromatic carbocycles. The Morgan fingerprint density at radius 2 is 1.81 bits per heavy atom. The van der Waals surface area contributed by atoms with Crippen LogP contribution in [0.15, 0.2) is 36.4 Å². The molecule has 5 fully saturated rings. The second kappa shape index (κ2) is 6.84. The van der Waals surface area contributed by atoms with Crippen molar-refractivity contribution in [2.45, 2.75) is 69.1 Å². The molecule has 1 aliphatic carbocycles. The molecule has 2 unspecified atom stereocenters. The predicted octanol–water partition coefficient (Wildman–Crippen LogP) is 5.81. The Bertz CT molecular complexity index is 896. The molecular formula is C22H25ClF3NO4. The number of rotatable bonds is 2. The number of benzene rings is 1. The average Bonchev–Trinajstić information content (AvgIpc) is 2.93. The number of alkyl halides is 3. The summed E-state index contributed by atoms with van der Waals surface area (Å²) in [5.41, 5.74) is -3.92. The van der Waals surface area contributed by atoms with E-state index in [4.69, 9.17) is 30.8 Å². The van der Waals surface area contributed by atoms with Gasteiger partial charge in [0.1, 0.15) is 0 Å². The maximum atomic E-state index is 14.7. The summed E-state index contributed by atoms with van der Waals surface area (Å²) in [4.78, 5) is 11.6. The zero-order valence-electron chi connectivity index (χ0n) is 17.3. The molecular weight excluding hydrogens is 435 g/mol. The lowest BCUT2D eigenvalue weighted by atomic mass is 9.58. The molecule has 4 saturated heterocycles. The molecule has 7 atom stereocenters. The van der Waals surface area contributed by atoms with Gasteiger partial charge in [0.05, 0.1) is 0 Å². The number of anilines is 1. The van der Waals surface area contributed by atoms with Gasteiger partial charge in [-0.1, -0.05) is 25.1 Å². The quantitative estimate of drug-likeness (QED) is 0.446. The van der Waals surface area contributed by atoms with Gasteiger partial charge in [-0.15, -0.1) is 0 Å². The summed E-state index contributed by atoms with van der Waals surface area (Å²) in [5, 5.41) is 2.98. The topological polar surface area (TPSA) is 49.0 Å². The zero-order chi connectivity index (χ0) is 22.2. The van der Waals surface area contributed by atoms with Crippen LogP contribution in [-0.4, -0.2) is 29.6 Å². The van der Waals surface area contributed by atoms with Gasteiger partial charge in [-0.3, -0.25) is 0 Å². The van der Waals surface area contributed by atoms with Crippen molar-refractivity contribution in [3.05, 3.63) is 41.4 Å². The molecule has 1 spiro atoms. The van der Waals surface area contributed by atoms with Crippen molar-refractivity contribution in [3.8, 4) is 0 Å². The Kier molecular flexibility index (Phi) is 4.75. The van der Waals surface area contributed by atoms with E-state index in [0.717, 1.165) is 6.42 Å². The van der Waals surface area contributed by atoms with Crippen LogP contribution in [0.1, 0.15) is 39.5 Å². The van der Waals surface area contributed by atoms with Crippen molar-refractivity contribution in [2.75, 3.05) is 5.32 Å². The van der Waals surface area contributed by atoms with Crippen LogP contribution in [0.4, 0.5) is 18.9 Å². The normalized spacial score (nSPS) is 44.5. The van der Waals surface area contributed by atoms with Gasteiger partial charge in [0.2, 0.25) is 5.79 Å². The Morgan fingerprint density at radius 1 is 1.10 bits per heavy atom. The Morgan fingerprint density at radius 3 is 2.48 bits per heavy atom. The second-order valence-electron chi connectivity index (χ2n) is 9.31. The minimum atomic E-state index is -4.81. The highest BCUT2D eigenvalue weighted by atomic mass is 35.5. The summed E-state index contributed by atoms with van der Waals surface area (Å²) >= 11 is 5.91. The van der Waals surface area contributed by atoms with Gasteiger partial charge in [-0.25, -0.2) is 9.78 Å². The predicted molar refractivity (Wildman–Crippen MR) is 107 cm³/mol. The monoisotopic (exact) mass is 459 g/mol. The molecule has 5 aliphatic rings. The highest BCUT2D eigenvalue weighted by molar-refractivity contribution is 6.30. The number of fused-ring (bicyclic) bond motifs is 2. The van der Waals surface area contributed by atoms with Crippen LogP contribution in [0.25, 0.3) is 0 Å². The third kappa shape index (κ3) is 2.99. The van der Waals surface area contributed by atoms with Gasteiger partial charge in [-0.2, -0.15) is 13.2 Å². The summed E-state index contributed by atoms with van der Waals surface area (Å²) in [6.07, 6.45) is -3.62. The molecule has 5 nitrogen and oxygen atoms in total. The second-order valence-corrected chi connectivity index (χ2v) is 9.75. The first-order chi connectivity index (χ1) is 14.5. The van der Waals surface area contributed by atoms with Gasteiger partial charge in [0.25, 0.3) is 5.72 Å². The van der Waals surface area contributed by atoms with Crippen molar-refractivity contribution >= 4 is 17.3 Å². The summed E-state index contributed by atoms with van der Waals surface area (Å²) in [7, 11) is 0. The van der Waals surface area contributed by atoms with Crippen molar-refractivity contribution in [1.29, 1.82) is 0 Å². The van der Waals surface area contributed by atoms with E-state index in [9.17, 15) is 13.2 Å². The van der Waals surface area contributed by atoms with Gasteiger partial charge in [0, 0.05) is 23.0 Å². The molecule has 0 amide bonds. The maximum absolute atomic E-state index is 14.7. The van der Waals surface area contributed by atoms with Crippen LogP contribution < -0.4 is 5.32 Å². The van der Waals surface area contributed by atoms with Gasteiger partial charge in [0.15, 0.2) is 11.9 Å². The SMILES string of the molecule is C=C1[C@@H]2CC[C@@H](C)C3CC[C@]4(C)OO[C@]32[C@H](OC1(Nc1ccc(Cl)cc1)C(F)(F)F)O4. The third-order valence-corrected chi connectivity index (χ3v) is 7.69. The third-order valence-electron chi connectivity index (χ3n) is 7.44. The van der Waals surface area contributed by atoms with E-state index in [-0.39, 0.29) is 23.1 Å². The first-order valence-electron chi connectivity index (χ1n) is 10.5. The van der Waals surface area contributed by atoms with Crippen molar-refractivity contribution in [1.82, 2.24) is 0 Å². The van der Waals surface area contributed by atoms with E-state index in [1.807, 2.05) is 0 Å². The minimum Gasteiger partial charge on any atom is -0.346 e. The molecule has 31 heavy (non-hydrogen) atoms. The fraction of sp³-hybridized carbons (Fsp3) is 0.636. The highest BCUT2D eigenvalue weighted by Gasteiger charge is 2.75. The van der Waals surface area contributed by atoms with Crippen LogP contribution in [0.3, 0.4) is 0 Å². The lowest BCUT2D eigenvalue weighted by molar-refractivity contribution is -0.571. The van der Waals surface area contributed by atoms with Crippen molar-refractivity contribution < 1.29 is 32.4 Å². The van der Waals surface area contributed by atoms with Crippen LogP contribution in [-0.2, 0) is 19.2 Å². The van der Waals surface area contributed by atoms with E-state index in [1.54, 1.807) is 6.92 Å². The van der Waals surface area contributed by atoms with E-state index >= 15 is 0 Å². The molecule has 4 heterocycles. The van der Waals surface area contributed by atoms with Crippen LogP contribution in [0.5, 0.6) is 0 Å². The first kappa shape index (κ1) is 21.5. The first-order valence-corrected chi connectivity index (χ1v) is 10.9. The molecule has 1 saturated carbocycles. The Balaban J connectivity index is 1.63. The Labute approximate surface area is 183 Å². The minimum absolute atomic E-state index is 0.0703. The lowest BCUT2D eigenvalue weighted by Crippen LogP contribution is -2.75. The van der Waals surface area contributed by atoms with Crippen LogP contribution >= 0.6 is 11.6 Å². The molecule has 0 aromatic heterocycles. The molecule has 4 aliphatic heterocycles. The highest BCUT2D eigenvalue weighted by Crippen LogP contribution is 2.63. The largest absolute Gasteiger partial charge is 0.441 e. The Hall–Kier alpha value is -1.32. The van der Waals surface area contributed by atoms with E-state index in [1.165, 1.54) is 24.3 Å². The number of ether oxygens (including phenoxy) is 2. The molecule has 6 rings (SSSR count). The summed E-state index contributed by atoms with van der Waals surface area (Å²) < 4.78 is 56.0. The lowest BCUT2D eigenvalue weighted by Gasteiger charge is -2.61. The molecule has 2 bridgehead atoms. The van der Waals surface area contributed by atoms with Crippen LogP contribution in [0.2, 0.25) is 5.02 Å². The fourth-order valence-corrected chi connectivity index (χ4v) is 5.92. The van der Waals surface area contributed by atoms with Gasteiger partial charge >= 0.3 is 6.18 Å². The maximum Gasteiger partial charge on any atom is 0.441 e. The van der Waals surface area contributed by atoms with Gasteiger partial charge < -0.3 is 14.8 Å². The number of hydrogen-bond donors (Lipinski definition) is 1. The van der Waals surface area contributed by atoms with E-state index in [0.29, 0.717) is 24.3 Å². The summed E-state index contributed by atoms with van der Waals surface area (Å²) in [6.45, 7) is 7.68. The molecule has 1 N–H and O–H groups in total. The average molecular weight is 460 g/mol. The number of halogens is 4. The van der Waals surface area contributed by atoms with Gasteiger partial charge in [-0.05, 0) is 67.9 Å². The smallest absolute Gasteiger partial charge is 0.346 e. The number of hydrogen-bond acceptors (Lipinski definition) is 5. The van der Waals surface area contributed by atoms with Crippen LogP contribution in [0, 0.1) is 17.8 Å². The molecule has 1 aromatic rings. The number of nitrogens with one attached hydrogen (secondary N) is 1. The molecule has 170 valence electrons. The molecule has 9 heteroatoms.